The van der Waals surface area contributed by atoms with Gasteiger partial charge in [-0.15, -0.1) is 0 Å². The summed E-state index contributed by atoms with van der Waals surface area (Å²) in [6.45, 7) is 12.1. The Bertz CT molecular complexity index is 449. The van der Waals surface area contributed by atoms with Gasteiger partial charge in [0.2, 0.25) is 0 Å². The van der Waals surface area contributed by atoms with E-state index in [0.29, 0.717) is 18.1 Å². The van der Waals surface area contributed by atoms with Crippen molar-refractivity contribution in [1.29, 1.82) is 0 Å². The molecule has 1 heterocycles. The van der Waals surface area contributed by atoms with Gasteiger partial charge in [-0.3, -0.25) is 0 Å². The van der Waals surface area contributed by atoms with Crippen LogP contribution in [0, 0.1) is 6.92 Å². The topological polar surface area (TPSA) is 21.3 Å². The molecule has 1 saturated heterocycles. The molecule has 0 aliphatic carbocycles. The van der Waals surface area contributed by atoms with Crippen LogP contribution in [0.5, 0.6) is 0 Å². The molecule has 1 aromatic rings. The Labute approximate surface area is 130 Å². The first-order chi connectivity index (χ1) is 9.85. The summed E-state index contributed by atoms with van der Waals surface area (Å²) in [5.41, 5.74) is 3.02. The molecule has 1 aliphatic heterocycles. The summed E-state index contributed by atoms with van der Waals surface area (Å²) in [5, 5.41) is 3.68. The van der Waals surface area contributed by atoms with Crippen molar-refractivity contribution in [3.63, 3.8) is 0 Å². The van der Waals surface area contributed by atoms with E-state index < -0.39 is 0 Å². The van der Waals surface area contributed by atoms with Crippen molar-refractivity contribution in [3.8, 4) is 0 Å². The highest BCUT2D eigenvalue weighted by atomic mass is 16.5. The van der Waals surface area contributed by atoms with E-state index in [0.717, 1.165) is 13.0 Å². The minimum atomic E-state index is 0.157. The molecule has 3 atom stereocenters. The fourth-order valence-electron chi connectivity index (χ4n) is 3.17. The SMILES string of the molecule is Cc1ccccc1C(CNC(C)(C)C)CC1CCC(C)O1. The molecule has 2 nitrogen and oxygen atoms in total. The van der Waals surface area contributed by atoms with Gasteiger partial charge in [0.25, 0.3) is 0 Å². The van der Waals surface area contributed by atoms with Crippen LogP contribution < -0.4 is 5.32 Å². The molecule has 0 saturated carbocycles. The molecular weight excluding hydrogens is 258 g/mol. The lowest BCUT2D eigenvalue weighted by Crippen LogP contribution is -2.39. The van der Waals surface area contributed by atoms with Crippen LogP contribution in [0.4, 0.5) is 0 Å². The van der Waals surface area contributed by atoms with E-state index in [9.17, 15) is 0 Å². The molecule has 0 radical (unpaired) electrons. The van der Waals surface area contributed by atoms with Crippen LogP contribution in [-0.2, 0) is 4.74 Å². The molecule has 118 valence electrons. The molecule has 2 heteroatoms. The molecule has 2 rings (SSSR count). The second kappa shape index (κ2) is 6.93. The highest BCUT2D eigenvalue weighted by Gasteiger charge is 2.27. The Balaban J connectivity index is 2.08. The standard InChI is InChI=1S/C19H31NO/c1-14-8-6-7-9-18(14)16(13-20-19(3,4)5)12-17-11-10-15(2)21-17/h6-9,15-17,20H,10-13H2,1-5H3. The largest absolute Gasteiger partial charge is 0.375 e. The molecule has 1 fully saturated rings. The lowest BCUT2D eigenvalue weighted by atomic mass is 9.88. The van der Waals surface area contributed by atoms with Crippen LogP contribution in [0.3, 0.4) is 0 Å². The summed E-state index contributed by atoms with van der Waals surface area (Å²) in [7, 11) is 0. The fourth-order valence-corrected chi connectivity index (χ4v) is 3.17. The summed E-state index contributed by atoms with van der Waals surface area (Å²) in [4.78, 5) is 0. The second-order valence-corrected chi connectivity index (χ2v) is 7.57. The first kappa shape index (κ1) is 16.5. The Morgan fingerprint density at radius 1 is 1.24 bits per heavy atom. The second-order valence-electron chi connectivity index (χ2n) is 7.57. The molecule has 3 unspecified atom stereocenters. The average Bonchev–Trinajstić information content (AvgIpc) is 2.80. The summed E-state index contributed by atoms with van der Waals surface area (Å²) < 4.78 is 6.06. The van der Waals surface area contributed by atoms with E-state index in [2.05, 4.69) is 64.2 Å². The van der Waals surface area contributed by atoms with Crippen LogP contribution in [0.25, 0.3) is 0 Å². The number of rotatable bonds is 5. The Morgan fingerprint density at radius 2 is 1.95 bits per heavy atom. The molecule has 0 aromatic heterocycles. The van der Waals surface area contributed by atoms with Gasteiger partial charge in [0, 0.05) is 12.1 Å². The van der Waals surface area contributed by atoms with Crippen molar-refractivity contribution in [3.05, 3.63) is 35.4 Å². The first-order valence-corrected chi connectivity index (χ1v) is 8.31. The number of ether oxygens (including phenoxy) is 1. The average molecular weight is 289 g/mol. The van der Waals surface area contributed by atoms with Crippen molar-refractivity contribution in [2.45, 2.75) is 77.5 Å². The Kier molecular flexibility index (Phi) is 5.45. The number of aryl methyl sites for hydroxylation is 1. The molecule has 1 N–H and O–H groups in total. The maximum atomic E-state index is 6.06. The van der Waals surface area contributed by atoms with Gasteiger partial charge in [0.1, 0.15) is 0 Å². The maximum Gasteiger partial charge on any atom is 0.0586 e. The van der Waals surface area contributed by atoms with Crippen LogP contribution in [0.15, 0.2) is 24.3 Å². The minimum absolute atomic E-state index is 0.157. The van der Waals surface area contributed by atoms with E-state index in [-0.39, 0.29) is 5.54 Å². The molecular formula is C19H31NO. The summed E-state index contributed by atoms with van der Waals surface area (Å²) in [6.07, 6.45) is 4.39. The van der Waals surface area contributed by atoms with Gasteiger partial charge in [-0.1, -0.05) is 24.3 Å². The van der Waals surface area contributed by atoms with E-state index in [1.165, 1.54) is 24.0 Å². The maximum absolute atomic E-state index is 6.06. The zero-order valence-electron chi connectivity index (χ0n) is 14.3. The number of benzene rings is 1. The normalized spacial score (nSPS) is 24.2. The summed E-state index contributed by atoms with van der Waals surface area (Å²) in [6, 6.07) is 8.78. The van der Waals surface area contributed by atoms with Gasteiger partial charge >= 0.3 is 0 Å². The number of hydrogen-bond donors (Lipinski definition) is 1. The van der Waals surface area contributed by atoms with Crippen LogP contribution >= 0.6 is 0 Å². The highest BCUT2D eigenvalue weighted by Crippen LogP contribution is 2.31. The van der Waals surface area contributed by atoms with Gasteiger partial charge < -0.3 is 10.1 Å². The van der Waals surface area contributed by atoms with Crippen molar-refractivity contribution in [2.75, 3.05) is 6.54 Å². The highest BCUT2D eigenvalue weighted by molar-refractivity contribution is 5.29. The smallest absolute Gasteiger partial charge is 0.0586 e. The summed E-state index contributed by atoms with van der Waals surface area (Å²) in [5.74, 6) is 0.528. The third-order valence-corrected chi connectivity index (χ3v) is 4.37. The van der Waals surface area contributed by atoms with E-state index >= 15 is 0 Å². The van der Waals surface area contributed by atoms with E-state index in [1.54, 1.807) is 0 Å². The first-order valence-electron chi connectivity index (χ1n) is 8.31. The molecule has 21 heavy (non-hydrogen) atoms. The van der Waals surface area contributed by atoms with Crippen molar-refractivity contribution in [2.24, 2.45) is 0 Å². The third-order valence-electron chi connectivity index (χ3n) is 4.37. The van der Waals surface area contributed by atoms with Gasteiger partial charge in [0.15, 0.2) is 0 Å². The lowest BCUT2D eigenvalue weighted by molar-refractivity contribution is 0.0462. The molecule has 0 spiro atoms. The quantitative estimate of drug-likeness (QED) is 0.866. The van der Waals surface area contributed by atoms with Crippen LogP contribution in [0.1, 0.15) is 64.0 Å². The minimum Gasteiger partial charge on any atom is -0.375 e. The summed E-state index contributed by atoms with van der Waals surface area (Å²) >= 11 is 0. The van der Waals surface area contributed by atoms with E-state index in [4.69, 9.17) is 4.74 Å². The van der Waals surface area contributed by atoms with Crippen molar-refractivity contribution >= 4 is 0 Å². The van der Waals surface area contributed by atoms with Gasteiger partial charge in [-0.05, 0) is 70.9 Å². The predicted octanol–water partition coefficient (Wildman–Crippen LogP) is 4.42. The van der Waals surface area contributed by atoms with Gasteiger partial charge in [0.05, 0.1) is 12.2 Å². The molecule has 0 amide bonds. The zero-order valence-corrected chi connectivity index (χ0v) is 14.3. The van der Waals surface area contributed by atoms with Gasteiger partial charge in [-0.2, -0.15) is 0 Å². The Hall–Kier alpha value is -0.860. The number of hydrogen-bond acceptors (Lipinski definition) is 2. The van der Waals surface area contributed by atoms with Crippen LogP contribution in [0.2, 0.25) is 0 Å². The lowest BCUT2D eigenvalue weighted by Gasteiger charge is -2.28. The van der Waals surface area contributed by atoms with Crippen LogP contribution in [-0.4, -0.2) is 24.3 Å². The van der Waals surface area contributed by atoms with E-state index in [1.807, 2.05) is 0 Å². The third kappa shape index (κ3) is 5.12. The number of nitrogens with one attached hydrogen (secondary N) is 1. The van der Waals surface area contributed by atoms with Crippen molar-refractivity contribution in [1.82, 2.24) is 5.32 Å². The van der Waals surface area contributed by atoms with Crippen molar-refractivity contribution < 1.29 is 4.74 Å². The molecule has 0 bridgehead atoms. The predicted molar refractivity (Wildman–Crippen MR) is 89.9 cm³/mol. The molecule has 1 aliphatic rings. The monoisotopic (exact) mass is 289 g/mol. The Morgan fingerprint density at radius 3 is 2.52 bits per heavy atom. The molecule has 1 aromatic carbocycles. The fraction of sp³-hybridized carbons (Fsp3) is 0.684. The van der Waals surface area contributed by atoms with Gasteiger partial charge in [-0.25, -0.2) is 0 Å². The zero-order chi connectivity index (χ0) is 15.5.